The number of likely N-dealkylation sites (tertiary alicyclic amines) is 1. The van der Waals surface area contributed by atoms with Crippen molar-refractivity contribution in [2.45, 2.75) is 52.6 Å². The van der Waals surface area contributed by atoms with E-state index in [2.05, 4.69) is 35.2 Å². The monoisotopic (exact) mass is 344 g/mol. The van der Waals surface area contributed by atoms with Crippen LogP contribution in [0.2, 0.25) is 0 Å². The predicted octanol–water partition coefficient (Wildman–Crippen LogP) is 4.51. The summed E-state index contributed by atoms with van der Waals surface area (Å²) < 4.78 is 17.1. The van der Waals surface area contributed by atoms with E-state index < -0.39 is 0 Å². The smallest absolute Gasteiger partial charge is 0.161 e. The Morgan fingerprint density at radius 3 is 2.80 bits per heavy atom. The van der Waals surface area contributed by atoms with E-state index >= 15 is 0 Å². The molecule has 0 saturated carbocycles. The molecule has 0 N–H and O–H groups in total. The normalized spacial score (nSPS) is 17.8. The van der Waals surface area contributed by atoms with E-state index in [1.54, 1.807) is 0 Å². The lowest BCUT2D eigenvalue weighted by atomic mass is 10.1. The summed E-state index contributed by atoms with van der Waals surface area (Å²) in [5.41, 5.74) is 2.17. The maximum atomic E-state index is 5.80. The molecule has 2 aromatic rings. The van der Waals surface area contributed by atoms with Crippen LogP contribution >= 0.6 is 0 Å². The van der Waals surface area contributed by atoms with Crippen molar-refractivity contribution in [1.82, 2.24) is 10.1 Å². The molecule has 0 aliphatic carbocycles. The van der Waals surface area contributed by atoms with Gasteiger partial charge in [-0.05, 0) is 57.4 Å². The average Bonchev–Trinajstić information content (AvgIpc) is 3.23. The molecule has 136 valence electrons. The fraction of sp³-hybridized carbons (Fsp3) is 0.550. The molecule has 2 heterocycles. The molecule has 1 aromatic heterocycles. The Balaban J connectivity index is 1.73. The van der Waals surface area contributed by atoms with Gasteiger partial charge in [-0.15, -0.1) is 0 Å². The molecule has 1 saturated heterocycles. The summed E-state index contributed by atoms with van der Waals surface area (Å²) in [6.07, 6.45) is 3.28. The van der Waals surface area contributed by atoms with Gasteiger partial charge in [-0.25, -0.2) is 0 Å². The van der Waals surface area contributed by atoms with Crippen LogP contribution in [0.5, 0.6) is 11.5 Å². The van der Waals surface area contributed by atoms with Crippen molar-refractivity contribution >= 4 is 0 Å². The Morgan fingerprint density at radius 1 is 1.20 bits per heavy atom. The highest BCUT2D eigenvalue weighted by molar-refractivity contribution is 5.43. The molecule has 1 aliphatic heterocycles. The zero-order valence-electron chi connectivity index (χ0n) is 15.5. The lowest BCUT2D eigenvalue weighted by molar-refractivity contribution is 0.206. The number of rotatable bonds is 8. The molecule has 0 radical (unpaired) electrons. The average molecular weight is 344 g/mol. The molecule has 25 heavy (non-hydrogen) atoms. The van der Waals surface area contributed by atoms with Crippen LogP contribution < -0.4 is 9.47 Å². The van der Waals surface area contributed by atoms with Crippen molar-refractivity contribution in [1.29, 1.82) is 0 Å². The number of ether oxygens (including phenoxy) is 2. The lowest BCUT2D eigenvalue weighted by Crippen LogP contribution is -2.22. The Morgan fingerprint density at radius 2 is 2.08 bits per heavy atom. The number of nitrogens with zero attached hydrogens (tertiary/aromatic N) is 2. The lowest BCUT2D eigenvalue weighted by Gasteiger charge is -2.23. The quantitative estimate of drug-likeness (QED) is 0.705. The van der Waals surface area contributed by atoms with Gasteiger partial charge in [-0.1, -0.05) is 18.1 Å². The number of benzene rings is 1. The van der Waals surface area contributed by atoms with Crippen LogP contribution in [0, 0.1) is 6.92 Å². The van der Waals surface area contributed by atoms with E-state index in [1.807, 2.05) is 19.9 Å². The minimum atomic E-state index is 0.313. The van der Waals surface area contributed by atoms with Gasteiger partial charge < -0.3 is 14.0 Å². The third kappa shape index (κ3) is 4.34. The second kappa shape index (κ2) is 8.39. The van der Waals surface area contributed by atoms with Crippen LogP contribution in [0.4, 0.5) is 0 Å². The number of hydrogen-bond acceptors (Lipinski definition) is 5. The highest BCUT2D eigenvalue weighted by Gasteiger charge is 2.29. The molecular weight excluding hydrogens is 316 g/mol. The van der Waals surface area contributed by atoms with Gasteiger partial charge in [0, 0.05) is 12.6 Å². The molecular formula is C20H28N2O3. The molecule has 3 rings (SSSR count). The van der Waals surface area contributed by atoms with Gasteiger partial charge in [-0.3, -0.25) is 4.90 Å². The molecule has 1 fully saturated rings. The summed E-state index contributed by atoms with van der Waals surface area (Å²) in [5, 5.41) is 4.04. The molecule has 1 aromatic carbocycles. The second-order valence-corrected chi connectivity index (χ2v) is 6.56. The molecule has 1 aliphatic rings. The van der Waals surface area contributed by atoms with Gasteiger partial charge in [-0.2, -0.15) is 0 Å². The van der Waals surface area contributed by atoms with Gasteiger partial charge >= 0.3 is 0 Å². The summed E-state index contributed by atoms with van der Waals surface area (Å²) in [6.45, 7) is 9.36. The molecule has 5 heteroatoms. The van der Waals surface area contributed by atoms with Gasteiger partial charge in [0.1, 0.15) is 0 Å². The van der Waals surface area contributed by atoms with Gasteiger partial charge in [0.2, 0.25) is 0 Å². The highest BCUT2D eigenvalue weighted by Crippen LogP contribution is 2.35. The molecule has 5 nitrogen and oxygen atoms in total. The Hall–Kier alpha value is -2.01. The number of hydrogen-bond donors (Lipinski definition) is 0. The van der Waals surface area contributed by atoms with Crippen LogP contribution in [0.3, 0.4) is 0 Å². The molecule has 0 bridgehead atoms. The van der Waals surface area contributed by atoms with E-state index in [0.717, 1.165) is 48.9 Å². The third-order valence-electron chi connectivity index (χ3n) is 4.49. The van der Waals surface area contributed by atoms with Crippen molar-refractivity contribution in [3.63, 3.8) is 0 Å². The second-order valence-electron chi connectivity index (χ2n) is 6.56. The Kier molecular flexibility index (Phi) is 5.97. The maximum absolute atomic E-state index is 5.80. The van der Waals surface area contributed by atoms with Crippen LogP contribution in [-0.2, 0) is 6.54 Å². The summed E-state index contributed by atoms with van der Waals surface area (Å²) >= 11 is 0. The maximum Gasteiger partial charge on any atom is 0.161 e. The first-order chi connectivity index (χ1) is 12.2. The fourth-order valence-electron chi connectivity index (χ4n) is 3.36. The van der Waals surface area contributed by atoms with Crippen molar-refractivity contribution in [2.24, 2.45) is 0 Å². The van der Waals surface area contributed by atoms with E-state index in [1.165, 1.54) is 12.0 Å². The summed E-state index contributed by atoms with van der Waals surface area (Å²) in [7, 11) is 0. The molecule has 1 atom stereocenters. The topological polar surface area (TPSA) is 47.7 Å². The van der Waals surface area contributed by atoms with Crippen molar-refractivity contribution in [3.8, 4) is 11.5 Å². The highest BCUT2D eigenvalue weighted by atomic mass is 16.5. The summed E-state index contributed by atoms with van der Waals surface area (Å²) in [4.78, 5) is 2.46. The summed E-state index contributed by atoms with van der Waals surface area (Å²) in [6, 6.07) is 8.63. The first-order valence-corrected chi connectivity index (χ1v) is 9.27. The van der Waals surface area contributed by atoms with Crippen LogP contribution in [0.15, 0.2) is 28.8 Å². The molecule has 0 amide bonds. The van der Waals surface area contributed by atoms with Gasteiger partial charge in [0.05, 0.1) is 24.9 Å². The van der Waals surface area contributed by atoms with Crippen LogP contribution in [0.1, 0.15) is 56.2 Å². The first kappa shape index (κ1) is 17.8. The zero-order valence-corrected chi connectivity index (χ0v) is 15.5. The predicted molar refractivity (Wildman–Crippen MR) is 97.0 cm³/mol. The largest absolute Gasteiger partial charge is 0.490 e. The minimum absolute atomic E-state index is 0.313. The minimum Gasteiger partial charge on any atom is -0.490 e. The summed E-state index contributed by atoms with van der Waals surface area (Å²) in [5.74, 6) is 2.64. The molecule has 0 unspecified atom stereocenters. The first-order valence-electron chi connectivity index (χ1n) is 9.27. The van der Waals surface area contributed by atoms with E-state index in [4.69, 9.17) is 14.0 Å². The SMILES string of the molecule is CCCOc1ccc(CN2CCC[C@@H]2c2cc(C)no2)cc1OCC. The Bertz CT molecular complexity index is 683. The van der Waals surface area contributed by atoms with E-state index in [0.29, 0.717) is 19.3 Å². The fourth-order valence-corrected chi connectivity index (χ4v) is 3.36. The molecule has 0 spiro atoms. The zero-order chi connectivity index (χ0) is 17.6. The van der Waals surface area contributed by atoms with Crippen molar-refractivity contribution in [3.05, 3.63) is 41.3 Å². The van der Waals surface area contributed by atoms with Crippen molar-refractivity contribution < 1.29 is 14.0 Å². The number of aryl methyl sites for hydroxylation is 1. The van der Waals surface area contributed by atoms with E-state index in [9.17, 15) is 0 Å². The van der Waals surface area contributed by atoms with Gasteiger partial charge in [0.15, 0.2) is 17.3 Å². The van der Waals surface area contributed by atoms with Crippen LogP contribution in [-0.4, -0.2) is 29.8 Å². The van der Waals surface area contributed by atoms with Crippen LogP contribution in [0.25, 0.3) is 0 Å². The van der Waals surface area contributed by atoms with Gasteiger partial charge in [0.25, 0.3) is 0 Å². The standard InChI is InChI=1S/C20H28N2O3/c1-4-11-24-18-9-8-16(13-20(18)23-5-2)14-22-10-6-7-17(22)19-12-15(3)21-25-19/h8-9,12-13,17H,4-7,10-11,14H2,1-3H3/t17-/m1/s1. The van der Waals surface area contributed by atoms with Crippen molar-refractivity contribution in [2.75, 3.05) is 19.8 Å². The Labute approximate surface area is 149 Å². The third-order valence-corrected chi connectivity index (χ3v) is 4.49. The van der Waals surface area contributed by atoms with E-state index in [-0.39, 0.29) is 0 Å². The number of aromatic nitrogens is 1.